The number of aliphatic carboxylic acids is 1. The first-order chi connectivity index (χ1) is 45.6. The fourth-order valence-corrected chi connectivity index (χ4v) is 11.9. The van der Waals surface area contributed by atoms with E-state index in [4.69, 9.17) is 18.9 Å². The van der Waals surface area contributed by atoms with Gasteiger partial charge in [0.15, 0.2) is 12.4 Å². The van der Waals surface area contributed by atoms with Crippen molar-refractivity contribution < 1.29 is 42.9 Å². The lowest BCUT2D eigenvalue weighted by Gasteiger charge is -2.26. The van der Waals surface area contributed by atoms with Gasteiger partial charge in [-0.25, -0.2) is 0 Å². The maximum absolute atomic E-state index is 13.0. The molecule has 0 N–H and O–H groups in total. The van der Waals surface area contributed by atoms with Gasteiger partial charge in [-0.05, 0) is 83.5 Å². The summed E-state index contributed by atoms with van der Waals surface area (Å²) in [5, 5.41) is 11.9. The number of unbranched alkanes of at least 4 members (excludes halogenated alkanes) is 48. The Labute approximate surface area is 577 Å². The van der Waals surface area contributed by atoms with Crippen LogP contribution in [0.1, 0.15) is 386 Å². The van der Waals surface area contributed by atoms with Gasteiger partial charge >= 0.3 is 11.9 Å². The van der Waals surface area contributed by atoms with Gasteiger partial charge in [0.1, 0.15) is 13.2 Å². The van der Waals surface area contributed by atoms with Crippen LogP contribution >= 0.6 is 0 Å². The van der Waals surface area contributed by atoms with E-state index in [1.54, 1.807) is 0 Å². The van der Waals surface area contributed by atoms with Crippen molar-refractivity contribution in [2.45, 2.75) is 399 Å². The van der Waals surface area contributed by atoms with E-state index < -0.39 is 24.3 Å². The first-order valence-electron chi connectivity index (χ1n) is 40.1. The van der Waals surface area contributed by atoms with Gasteiger partial charge in [-0.3, -0.25) is 9.59 Å². The molecule has 542 valence electrons. The lowest BCUT2D eigenvalue weighted by Crippen LogP contribution is -2.44. The zero-order valence-electron chi connectivity index (χ0n) is 62.1. The Balaban J connectivity index is 3.96. The van der Waals surface area contributed by atoms with Crippen molar-refractivity contribution in [2.24, 2.45) is 0 Å². The number of ether oxygens (including phenoxy) is 4. The van der Waals surface area contributed by atoms with Gasteiger partial charge in [-0.1, -0.05) is 363 Å². The maximum atomic E-state index is 13.0. The van der Waals surface area contributed by atoms with Crippen molar-refractivity contribution in [3.63, 3.8) is 0 Å². The lowest BCUT2D eigenvalue weighted by atomic mass is 10.0. The number of quaternary nitrogens is 1. The normalized spacial score (nSPS) is 13.0. The summed E-state index contributed by atoms with van der Waals surface area (Å²) in [6.07, 6.45) is 97.4. The van der Waals surface area contributed by atoms with Crippen LogP contribution in [0.15, 0.2) is 72.9 Å². The van der Waals surface area contributed by atoms with Crippen LogP contribution in [0.3, 0.4) is 0 Å². The van der Waals surface area contributed by atoms with E-state index in [1.165, 1.54) is 289 Å². The SMILES string of the molecule is CC/C=C\C/C=C\C/C=C\C/C=C\CCCCCCCCCCCCCCCCCCCCCCCCCCCCC(=O)OC(COC(=O)CCCCCCCCCCCCCCCCCCC/C=C\C/C=C\CCCCCCC)COC(OCC[N+](C)(C)C)C(=O)[O-]. The minimum Gasteiger partial charge on any atom is -0.545 e. The molecule has 0 radical (unpaired) electrons. The van der Waals surface area contributed by atoms with Gasteiger partial charge in [0, 0.05) is 12.8 Å². The minimum atomic E-state index is -1.62. The molecule has 0 saturated heterocycles. The van der Waals surface area contributed by atoms with Crippen molar-refractivity contribution in [3.8, 4) is 0 Å². The smallest absolute Gasteiger partial charge is 0.306 e. The summed E-state index contributed by atoms with van der Waals surface area (Å²) in [7, 11) is 5.95. The Hall–Kier alpha value is -3.27. The number of rotatable bonds is 75. The quantitative estimate of drug-likeness (QED) is 0.0195. The number of carboxylic acid groups (broad SMARTS) is 1. The van der Waals surface area contributed by atoms with E-state index >= 15 is 0 Å². The molecule has 0 spiro atoms. The molecule has 0 aliphatic carbocycles. The number of nitrogens with zero attached hydrogens (tertiary/aromatic N) is 1. The number of allylic oxidation sites excluding steroid dienone is 12. The van der Waals surface area contributed by atoms with E-state index in [1.807, 2.05) is 21.1 Å². The number of hydrogen-bond acceptors (Lipinski definition) is 8. The van der Waals surface area contributed by atoms with Crippen LogP contribution in [0, 0.1) is 0 Å². The van der Waals surface area contributed by atoms with Crippen LogP contribution in [0.2, 0.25) is 0 Å². The van der Waals surface area contributed by atoms with Crippen LogP contribution in [-0.4, -0.2) is 82.3 Å². The van der Waals surface area contributed by atoms with Crippen molar-refractivity contribution in [1.29, 1.82) is 0 Å². The molecule has 0 aliphatic heterocycles. The third-order valence-corrected chi connectivity index (χ3v) is 17.9. The number of esters is 2. The van der Waals surface area contributed by atoms with Crippen LogP contribution in [0.4, 0.5) is 0 Å². The minimum absolute atomic E-state index is 0.149. The summed E-state index contributed by atoms with van der Waals surface area (Å²) in [5.41, 5.74) is 0. The number of likely N-dealkylation sites (N-methyl/N-ethyl adjacent to an activating group) is 1. The topological polar surface area (TPSA) is 111 Å². The Morgan fingerprint density at radius 2 is 0.613 bits per heavy atom. The molecule has 0 bridgehead atoms. The standard InChI is InChI=1S/C84H153NO8/c1-6-8-10-12-14-16-18-20-22-24-26-28-30-32-34-36-37-38-39-40-41-42-43-44-45-47-49-51-53-55-57-59-61-63-65-67-69-71-73-75-82(87)93-80(79-92-84(83(88)89)90-77-76-85(3,4)5)78-91-81(86)74-72-70-68-66-64-62-60-58-56-54-52-50-48-46-35-33-31-29-27-25-23-21-19-17-15-13-11-9-7-2/h8,10,14,16,19-22,25-28,80,84H,6-7,9,11-13,15,17-18,23-24,29-79H2,1-5H3/b10-8-,16-14-,21-19-,22-20-,27-25-,28-26-. The summed E-state index contributed by atoms with van der Waals surface area (Å²) in [6.45, 7) is 4.69. The zero-order chi connectivity index (χ0) is 67.5. The largest absolute Gasteiger partial charge is 0.545 e. The molecular formula is C84H153NO8. The summed E-state index contributed by atoms with van der Waals surface area (Å²) in [4.78, 5) is 37.6. The van der Waals surface area contributed by atoms with Gasteiger partial charge in [0.25, 0.3) is 0 Å². The lowest BCUT2D eigenvalue weighted by molar-refractivity contribution is -0.870. The van der Waals surface area contributed by atoms with Crippen molar-refractivity contribution in [1.82, 2.24) is 0 Å². The second-order valence-corrected chi connectivity index (χ2v) is 28.3. The summed E-state index contributed by atoms with van der Waals surface area (Å²) < 4.78 is 22.9. The molecule has 0 fully saturated rings. The highest BCUT2D eigenvalue weighted by molar-refractivity contribution is 5.70. The Morgan fingerprint density at radius 1 is 0.333 bits per heavy atom. The number of hydrogen-bond donors (Lipinski definition) is 0. The van der Waals surface area contributed by atoms with Crippen LogP contribution in [-0.2, 0) is 33.3 Å². The molecule has 93 heavy (non-hydrogen) atoms. The van der Waals surface area contributed by atoms with Crippen LogP contribution < -0.4 is 5.11 Å². The summed E-state index contributed by atoms with van der Waals surface area (Å²) in [5.74, 6) is -2.25. The second-order valence-electron chi connectivity index (χ2n) is 28.3. The van der Waals surface area contributed by atoms with E-state index in [9.17, 15) is 19.5 Å². The molecule has 9 heteroatoms. The predicted octanol–water partition coefficient (Wildman–Crippen LogP) is 24.3. The molecule has 0 aliphatic rings. The molecule has 2 atom stereocenters. The van der Waals surface area contributed by atoms with Gasteiger partial charge in [0.05, 0.1) is 40.3 Å². The van der Waals surface area contributed by atoms with Crippen molar-refractivity contribution in [2.75, 3.05) is 47.5 Å². The third kappa shape index (κ3) is 76.0. The number of carboxylic acids is 1. The fourth-order valence-electron chi connectivity index (χ4n) is 11.9. The monoisotopic (exact) mass is 1300 g/mol. The molecule has 0 aromatic heterocycles. The number of carbonyl (C=O) groups is 3. The molecule has 0 saturated carbocycles. The molecule has 0 aromatic carbocycles. The molecule has 9 nitrogen and oxygen atoms in total. The van der Waals surface area contributed by atoms with Gasteiger partial charge in [-0.15, -0.1) is 0 Å². The van der Waals surface area contributed by atoms with Crippen LogP contribution in [0.5, 0.6) is 0 Å². The van der Waals surface area contributed by atoms with Crippen molar-refractivity contribution >= 4 is 17.9 Å². The summed E-state index contributed by atoms with van der Waals surface area (Å²) in [6, 6.07) is 0. The van der Waals surface area contributed by atoms with Gasteiger partial charge < -0.3 is 33.3 Å². The Kier molecular flexibility index (Phi) is 71.9. The van der Waals surface area contributed by atoms with Gasteiger partial charge in [0.2, 0.25) is 0 Å². The molecule has 2 unspecified atom stereocenters. The molecule has 0 aromatic rings. The highest BCUT2D eigenvalue weighted by Gasteiger charge is 2.22. The molecule has 0 heterocycles. The maximum Gasteiger partial charge on any atom is 0.306 e. The van der Waals surface area contributed by atoms with E-state index in [2.05, 4.69) is 86.8 Å². The highest BCUT2D eigenvalue weighted by Crippen LogP contribution is 2.19. The second kappa shape index (κ2) is 74.5. The average Bonchev–Trinajstić information content (AvgIpc) is 3.38. The Bertz CT molecular complexity index is 1760. The van der Waals surface area contributed by atoms with E-state index in [0.29, 0.717) is 17.4 Å². The Morgan fingerprint density at radius 3 is 0.914 bits per heavy atom. The first-order valence-corrected chi connectivity index (χ1v) is 40.1. The summed E-state index contributed by atoms with van der Waals surface area (Å²) >= 11 is 0. The third-order valence-electron chi connectivity index (χ3n) is 17.9. The van der Waals surface area contributed by atoms with E-state index in [-0.39, 0.29) is 32.2 Å². The average molecular weight is 1310 g/mol. The predicted molar refractivity (Wildman–Crippen MR) is 398 cm³/mol. The van der Waals surface area contributed by atoms with E-state index in [0.717, 1.165) is 70.6 Å². The molecular weight excluding hydrogens is 1150 g/mol. The molecule has 0 amide bonds. The van der Waals surface area contributed by atoms with Crippen LogP contribution in [0.25, 0.3) is 0 Å². The highest BCUT2D eigenvalue weighted by atomic mass is 16.7. The zero-order valence-corrected chi connectivity index (χ0v) is 62.1. The number of carbonyl (C=O) groups excluding carboxylic acids is 3. The first kappa shape index (κ1) is 89.7. The molecule has 0 rings (SSSR count). The van der Waals surface area contributed by atoms with Gasteiger partial charge in [-0.2, -0.15) is 0 Å². The fraction of sp³-hybridized carbons (Fsp3) is 0.821. The van der Waals surface area contributed by atoms with Crippen molar-refractivity contribution in [3.05, 3.63) is 72.9 Å².